The van der Waals surface area contributed by atoms with Crippen LogP contribution in [0.15, 0.2) is 74.3 Å². The molecule has 0 bridgehead atoms. The standard InChI is InChI=1S/C22H16O6/c1-13-20(14-5-3-2-4-6-14)21(23)17-9-7-15(11-19(17)27-13)26-12-16-8-10-18(28-16)22(24)25/h2-11H,12H2,1H3,(H,24,25). The molecule has 2 aromatic carbocycles. The van der Waals surface area contributed by atoms with Gasteiger partial charge in [0, 0.05) is 6.07 Å². The lowest BCUT2D eigenvalue weighted by atomic mass is 10.0. The smallest absolute Gasteiger partial charge is 0.371 e. The van der Waals surface area contributed by atoms with Crippen LogP contribution >= 0.6 is 0 Å². The van der Waals surface area contributed by atoms with Crippen LogP contribution in [0, 0.1) is 6.92 Å². The fourth-order valence-corrected chi connectivity index (χ4v) is 3.04. The molecule has 0 radical (unpaired) electrons. The van der Waals surface area contributed by atoms with Gasteiger partial charge in [-0.05, 0) is 36.8 Å². The van der Waals surface area contributed by atoms with Crippen LogP contribution in [0.5, 0.6) is 5.75 Å². The maximum Gasteiger partial charge on any atom is 0.371 e. The van der Waals surface area contributed by atoms with Gasteiger partial charge in [-0.1, -0.05) is 30.3 Å². The van der Waals surface area contributed by atoms with Crippen LogP contribution < -0.4 is 10.2 Å². The van der Waals surface area contributed by atoms with Crippen LogP contribution in [-0.2, 0) is 6.61 Å². The Hall–Kier alpha value is -3.80. The van der Waals surface area contributed by atoms with Crippen molar-refractivity contribution >= 4 is 16.9 Å². The maximum atomic E-state index is 12.9. The summed E-state index contributed by atoms with van der Waals surface area (Å²) in [7, 11) is 0. The number of fused-ring (bicyclic) bond motifs is 1. The number of carbonyl (C=O) groups is 1. The maximum absolute atomic E-state index is 12.9. The largest absolute Gasteiger partial charge is 0.486 e. The van der Waals surface area contributed by atoms with Crippen LogP contribution in [0.25, 0.3) is 22.1 Å². The highest BCUT2D eigenvalue weighted by atomic mass is 16.5. The highest BCUT2D eigenvalue weighted by Crippen LogP contribution is 2.26. The Kier molecular flexibility index (Phi) is 4.45. The molecule has 1 N–H and O–H groups in total. The average Bonchev–Trinajstić information content (AvgIpc) is 3.16. The van der Waals surface area contributed by atoms with Gasteiger partial charge in [0.1, 0.15) is 29.5 Å². The van der Waals surface area contributed by atoms with Gasteiger partial charge in [0.05, 0.1) is 10.9 Å². The Balaban J connectivity index is 1.64. The number of ether oxygens (including phenoxy) is 1. The molecule has 140 valence electrons. The Labute approximate surface area is 159 Å². The summed E-state index contributed by atoms with van der Waals surface area (Å²) in [6.45, 7) is 1.82. The van der Waals surface area contributed by atoms with Crippen molar-refractivity contribution in [1.29, 1.82) is 0 Å². The van der Waals surface area contributed by atoms with Gasteiger partial charge in [-0.2, -0.15) is 0 Å². The van der Waals surface area contributed by atoms with Crippen molar-refractivity contribution in [1.82, 2.24) is 0 Å². The molecule has 0 atom stereocenters. The molecule has 2 heterocycles. The second-order valence-electron chi connectivity index (χ2n) is 6.25. The zero-order valence-electron chi connectivity index (χ0n) is 15.0. The third-order valence-corrected chi connectivity index (χ3v) is 4.36. The molecule has 6 heteroatoms. The number of carboxylic acids is 1. The van der Waals surface area contributed by atoms with E-state index in [1.54, 1.807) is 31.2 Å². The van der Waals surface area contributed by atoms with Gasteiger partial charge in [-0.3, -0.25) is 4.79 Å². The molecule has 4 rings (SSSR count). The first-order valence-corrected chi connectivity index (χ1v) is 8.60. The normalized spacial score (nSPS) is 10.9. The molecule has 0 aliphatic heterocycles. The molecular weight excluding hydrogens is 360 g/mol. The highest BCUT2D eigenvalue weighted by Gasteiger charge is 2.14. The van der Waals surface area contributed by atoms with E-state index in [9.17, 15) is 9.59 Å². The second kappa shape index (κ2) is 7.08. The summed E-state index contributed by atoms with van der Waals surface area (Å²) in [6, 6.07) is 17.3. The molecule has 0 aliphatic rings. The minimum Gasteiger partial charge on any atom is -0.486 e. The van der Waals surface area contributed by atoms with E-state index in [1.165, 1.54) is 6.07 Å². The molecule has 2 aromatic heterocycles. The summed E-state index contributed by atoms with van der Waals surface area (Å²) in [5, 5.41) is 9.34. The number of hydrogen-bond donors (Lipinski definition) is 1. The van der Waals surface area contributed by atoms with Crippen LogP contribution in [0.3, 0.4) is 0 Å². The second-order valence-corrected chi connectivity index (χ2v) is 6.25. The lowest BCUT2D eigenvalue weighted by Crippen LogP contribution is -2.07. The topological polar surface area (TPSA) is 89.9 Å². The minimum atomic E-state index is -1.14. The molecule has 0 spiro atoms. The number of hydrogen-bond acceptors (Lipinski definition) is 5. The van der Waals surface area contributed by atoms with Gasteiger partial charge in [0.2, 0.25) is 11.2 Å². The van der Waals surface area contributed by atoms with E-state index in [0.717, 1.165) is 5.56 Å². The first-order valence-electron chi connectivity index (χ1n) is 8.60. The van der Waals surface area contributed by atoms with E-state index >= 15 is 0 Å². The molecule has 4 aromatic rings. The summed E-state index contributed by atoms with van der Waals surface area (Å²) in [4.78, 5) is 23.8. The van der Waals surface area contributed by atoms with E-state index < -0.39 is 5.97 Å². The van der Waals surface area contributed by atoms with Gasteiger partial charge in [-0.25, -0.2) is 4.79 Å². The van der Waals surface area contributed by atoms with Crippen molar-refractivity contribution in [2.45, 2.75) is 13.5 Å². The van der Waals surface area contributed by atoms with E-state index in [4.69, 9.17) is 18.7 Å². The first kappa shape index (κ1) is 17.6. The molecule has 0 aliphatic carbocycles. The molecule has 0 unspecified atom stereocenters. The zero-order chi connectivity index (χ0) is 19.7. The average molecular weight is 376 g/mol. The Morgan fingerprint density at radius 2 is 1.82 bits per heavy atom. The van der Waals surface area contributed by atoms with Gasteiger partial charge >= 0.3 is 5.97 Å². The lowest BCUT2D eigenvalue weighted by Gasteiger charge is -2.09. The number of furan rings is 1. The predicted molar refractivity (Wildman–Crippen MR) is 103 cm³/mol. The molecule has 28 heavy (non-hydrogen) atoms. The molecule has 6 nitrogen and oxygen atoms in total. The van der Waals surface area contributed by atoms with Gasteiger partial charge in [0.25, 0.3) is 0 Å². The Morgan fingerprint density at radius 1 is 1.04 bits per heavy atom. The minimum absolute atomic E-state index is 0.0596. The quantitative estimate of drug-likeness (QED) is 0.546. The SMILES string of the molecule is Cc1oc2cc(OCc3ccc(C(=O)O)o3)ccc2c(=O)c1-c1ccccc1. The lowest BCUT2D eigenvalue weighted by molar-refractivity contribution is 0.0658. The third kappa shape index (κ3) is 3.27. The van der Waals surface area contributed by atoms with E-state index in [1.807, 2.05) is 30.3 Å². The van der Waals surface area contributed by atoms with Gasteiger partial charge in [-0.15, -0.1) is 0 Å². The third-order valence-electron chi connectivity index (χ3n) is 4.36. The summed E-state index contributed by atoms with van der Waals surface area (Å²) >= 11 is 0. The van der Waals surface area contributed by atoms with E-state index in [-0.39, 0.29) is 17.8 Å². The van der Waals surface area contributed by atoms with Crippen molar-refractivity contribution < 1.29 is 23.5 Å². The number of aromatic carboxylic acids is 1. The van der Waals surface area contributed by atoms with Crippen molar-refractivity contribution in [2.24, 2.45) is 0 Å². The van der Waals surface area contributed by atoms with Crippen LogP contribution in [-0.4, -0.2) is 11.1 Å². The predicted octanol–water partition coefficient (Wildman–Crippen LogP) is 4.64. The van der Waals surface area contributed by atoms with Crippen LogP contribution in [0.1, 0.15) is 22.1 Å². The van der Waals surface area contributed by atoms with E-state index in [0.29, 0.717) is 33.8 Å². The zero-order valence-corrected chi connectivity index (χ0v) is 15.0. The Morgan fingerprint density at radius 3 is 2.54 bits per heavy atom. The first-order chi connectivity index (χ1) is 13.5. The van der Waals surface area contributed by atoms with Gasteiger partial charge in [0.15, 0.2) is 0 Å². The van der Waals surface area contributed by atoms with E-state index in [2.05, 4.69) is 0 Å². The fraction of sp³-hybridized carbons (Fsp3) is 0.0909. The molecule has 0 saturated heterocycles. The Bertz CT molecular complexity index is 1220. The number of aryl methyl sites for hydroxylation is 1. The van der Waals surface area contributed by atoms with Crippen molar-refractivity contribution in [3.8, 4) is 16.9 Å². The monoisotopic (exact) mass is 376 g/mol. The summed E-state index contributed by atoms with van der Waals surface area (Å²) in [5.41, 5.74) is 1.67. The molecular formula is C22H16O6. The fourth-order valence-electron chi connectivity index (χ4n) is 3.04. The molecule has 0 amide bonds. The van der Waals surface area contributed by atoms with Crippen molar-refractivity contribution in [2.75, 3.05) is 0 Å². The summed E-state index contributed by atoms with van der Waals surface area (Å²) in [6.07, 6.45) is 0. The van der Waals surface area contributed by atoms with Crippen molar-refractivity contribution in [3.63, 3.8) is 0 Å². The van der Waals surface area contributed by atoms with Crippen LogP contribution in [0.4, 0.5) is 0 Å². The summed E-state index contributed by atoms with van der Waals surface area (Å²) in [5.74, 6) is 0.110. The highest BCUT2D eigenvalue weighted by molar-refractivity contribution is 5.84. The molecule has 0 saturated carbocycles. The van der Waals surface area contributed by atoms with Crippen LogP contribution in [0.2, 0.25) is 0 Å². The van der Waals surface area contributed by atoms with Crippen molar-refractivity contribution in [3.05, 3.63) is 88.2 Å². The molecule has 0 fully saturated rings. The number of benzene rings is 2. The van der Waals surface area contributed by atoms with Gasteiger partial charge < -0.3 is 18.7 Å². The number of carboxylic acid groups (broad SMARTS) is 1. The number of rotatable bonds is 5. The summed E-state index contributed by atoms with van der Waals surface area (Å²) < 4.78 is 16.7.